The summed E-state index contributed by atoms with van der Waals surface area (Å²) in [5.74, 6) is -0.116. The zero-order valence-electron chi connectivity index (χ0n) is 14.0. The Morgan fingerprint density at radius 2 is 2.29 bits per heavy atom. The van der Waals surface area contributed by atoms with Crippen molar-refractivity contribution in [3.05, 3.63) is 42.8 Å². The number of imidazole rings is 1. The normalized spacial score (nSPS) is 24.4. The molecule has 1 N–H and O–H groups in total. The summed E-state index contributed by atoms with van der Waals surface area (Å²) in [5, 5.41) is 14.8. The number of aliphatic hydroxyl groups is 1. The molecule has 0 saturated heterocycles. The predicted molar refractivity (Wildman–Crippen MR) is 89.9 cm³/mol. The Hall–Kier alpha value is -2.41. The van der Waals surface area contributed by atoms with Gasteiger partial charge >= 0.3 is 0 Å². The largest absolute Gasteiger partial charge is 0.389 e. The standard InChI is InChI=1S/C17H23N5O2/c1-20-11-13(10-19-20)6-7-16(23)21(2)14-4-3-5-15(17(14)24)22-9-8-18-12-22/h6-12,14-15,17,24H,3-5H2,1-2H3/b7-6+/t14-,15-,17-/m1/s1. The van der Waals surface area contributed by atoms with Gasteiger partial charge in [-0.3, -0.25) is 9.48 Å². The van der Waals surface area contributed by atoms with E-state index in [1.54, 1.807) is 41.4 Å². The molecule has 1 aliphatic rings. The van der Waals surface area contributed by atoms with Crippen LogP contribution in [-0.4, -0.2) is 54.4 Å². The van der Waals surface area contributed by atoms with Gasteiger partial charge in [0.15, 0.2) is 0 Å². The van der Waals surface area contributed by atoms with Gasteiger partial charge in [-0.2, -0.15) is 5.10 Å². The average Bonchev–Trinajstić information content (AvgIpc) is 3.24. The Bertz CT molecular complexity index is 706. The molecule has 1 fully saturated rings. The van der Waals surface area contributed by atoms with E-state index in [4.69, 9.17) is 0 Å². The number of carbonyl (C=O) groups is 1. The molecular weight excluding hydrogens is 306 g/mol. The Balaban J connectivity index is 1.67. The van der Waals surface area contributed by atoms with Gasteiger partial charge in [0, 0.05) is 44.3 Å². The van der Waals surface area contributed by atoms with Crippen LogP contribution < -0.4 is 0 Å². The minimum Gasteiger partial charge on any atom is -0.389 e. The zero-order chi connectivity index (χ0) is 17.1. The molecule has 0 bridgehead atoms. The van der Waals surface area contributed by atoms with Crippen LogP contribution in [0.5, 0.6) is 0 Å². The van der Waals surface area contributed by atoms with E-state index < -0.39 is 6.10 Å². The van der Waals surface area contributed by atoms with Crippen molar-refractivity contribution in [3.63, 3.8) is 0 Å². The first-order chi connectivity index (χ1) is 11.6. The van der Waals surface area contributed by atoms with Crippen molar-refractivity contribution in [2.24, 2.45) is 7.05 Å². The number of aryl methyl sites for hydroxylation is 1. The summed E-state index contributed by atoms with van der Waals surface area (Å²) in [4.78, 5) is 18.1. The van der Waals surface area contributed by atoms with Crippen molar-refractivity contribution >= 4 is 12.0 Å². The fourth-order valence-corrected chi connectivity index (χ4v) is 3.32. The van der Waals surface area contributed by atoms with Crippen LogP contribution in [0.1, 0.15) is 30.9 Å². The maximum absolute atomic E-state index is 12.4. The fraction of sp³-hybridized carbons (Fsp3) is 0.471. The summed E-state index contributed by atoms with van der Waals surface area (Å²) in [6.07, 6.45) is 14.2. The summed E-state index contributed by atoms with van der Waals surface area (Å²) in [6, 6.07) is -0.235. The quantitative estimate of drug-likeness (QED) is 0.857. The molecule has 2 aromatic heterocycles. The summed E-state index contributed by atoms with van der Waals surface area (Å²) in [6.45, 7) is 0. The van der Waals surface area contributed by atoms with Crippen LogP contribution in [0, 0.1) is 0 Å². The molecule has 2 aromatic rings. The monoisotopic (exact) mass is 329 g/mol. The summed E-state index contributed by atoms with van der Waals surface area (Å²) in [5.41, 5.74) is 0.875. The van der Waals surface area contributed by atoms with Crippen molar-refractivity contribution in [2.75, 3.05) is 7.05 Å². The average molecular weight is 329 g/mol. The highest BCUT2D eigenvalue weighted by Gasteiger charge is 2.36. The first-order valence-electron chi connectivity index (χ1n) is 8.15. The van der Waals surface area contributed by atoms with E-state index in [0.717, 1.165) is 24.8 Å². The first-order valence-corrected chi connectivity index (χ1v) is 8.15. The van der Waals surface area contributed by atoms with Crippen LogP contribution >= 0.6 is 0 Å². The molecule has 1 amide bonds. The topological polar surface area (TPSA) is 76.2 Å². The van der Waals surface area contributed by atoms with E-state index in [2.05, 4.69) is 10.1 Å². The Morgan fingerprint density at radius 3 is 2.96 bits per heavy atom. The van der Waals surface area contributed by atoms with Gasteiger partial charge in [-0.15, -0.1) is 0 Å². The predicted octanol–water partition coefficient (Wildman–Crippen LogP) is 1.24. The second-order valence-corrected chi connectivity index (χ2v) is 6.30. The van der Waals surface area contributed by atoms with Gasteiger partial charge in [0.2, 0.25) is 5.91 Å². The van der Waals surface area contributed by atoms with Crippen LogP contribution in [0.25, 0.3) is 6.08 Å². The maximum Gasteiger partial charge on any atom is 0.246 e. The van der Waals surface area contributed by atoms with Gasteiger partial charge in [0.1, 0.15) is 0 Å². The highest BCUT2D eigenvalue weighted by Crippen LogP contribution is 2.31. The lowest BCUT2D eigenvalue weighted by atomic mass is 9.87. The lowest BCUT2D eigenvalue weighted by Crippen LogP contribution is -2.49. The van der Waals surface area contributed by atoms with E-state index in [9.17, 15) is 9.90 Å². The lowest BCUT2D eigenvalue weighted by Gasteiger charge is -2.39. The molecule has 0 aromatic carbocycles. The van der Waals surface area contributed by atoms with Gasteiger partial charge < -0.3 is 14.6 Å². The number of hydrogen-bond acceptors (Lipinski definition) is 4. The van der Waals surface area contributed by atoms with Crippen LogP contribution in [-0.2, 0) is 11.8 Å². The molecule has 0 radical (unpaired) electrons. The maximum atomic E-state index is 12.4. The summed E-state index contributed by atoms with van der Waals surface area (Å²) in [7, 11) is 3.58. The number of aliphatic hydroxyl groups excluding tert-OH is 1. The molecule has 1 aliphatic carbocycles. The molecule has 0 spiro atoms. The minimum atomic E-state index is -0.603. The Kier molecular flexibility index (Phi) is 4.80. The number of amides is 1. The van der Waals surface area contributed by atoms with E-state index in [-0.39, 0.29) is 18.0 Å². The van der Waals surface area contributed by atoms with Crippen molar-refractivity contribution in [1.29, 1.82) is 0 Å². The fourth-order valence-electron chi connectivity index (χ4n) is 3.32. The van der Waals surface area contributed by atoms with Crippen molar-refractivity contribution in [3.8, 4) is 0 Å². The number of carbonyl (C=O) groups excluding carboxylic acids is 1. The van der Waals surface area contributed by atoms with E-state index in [1.165, 1.54) is 6.08 Å². The molecule has 0 unspecified atom stereocenters. The number of nitrogens with zero attached hydrogens (tertiary/aromatic N) is 5. The smallest absolute Gasteiger partial charge is 0.246 e. The van der Waals surface area contributed by atoms with Gasteiger partial charge in [0.25, 0.3) is 0 Å². The Morgan fingerprint density at radius 1 is 1.46 bits per heavy atom. The number of hydrogen-bond donors (Lipinski definition) is 1. The molecule has 1 saturated carbocycles. The van der Waals surface area contributed by atoms with Crippen LogP contribution in [0.4, 0.5) is 0 Å². The number of rotatable bonds is 4. The second-order valence-electron chi connectivity index (χ2n) is 6.30. The van der Waals surface area contributed by atoms with Crippen LogP contribution in [0.2, 0.25) is 0 Å². The van der Waals surface area contributed by atoms with Gasteiger partial charge in [-0.05, 0) is 25.3 Å². The van der Waals surface area contributed by atoms with Gasteiger partial charge in [-0.25, -0.2) is 4.98 Å². The molecule has 7 heteroatoms. The molecule has 3 atom stereocenters. The van der Waals surface area contributed by atoms with E-state index in [1.807, 2.05) is 24.0 Å². The first kappa shape index (κ1) is 16.4. The summed E-state index contributed by atoms with van der Waals surface area (Å²) >= 11 is 0. The zero-order valence-corrected chi connectivity index (χ0v) is 14.0. The Labute approximate surface area is 141 Å². The van der Waals surface area contributed by atoms with Gasteiger partial charge in [-0.1, -0.05) is 0 Å². The molecule has 2 heterocycles. The molecule has 7 nitrogen and oxygen atoms in total. The highest BCUT2D eigenvalue weighted by atomic mass is 16.3. The van der Waals surface area contributed by atoms with E-state index >= 15 is 0 Å². The van der Waals surface area contributed by atoms with Crippen molar-refractivity contribution in [1.82, 2.24) is 24.2 Å². The van der Waals surface area contributed by atoms with E-state index in [0.29, 0.717) is 0 Å². The highest BCUT2D eigenvalue weighted by molar-refractivity contribution is 5.91. The lowest BCUT2D eigenvalue weighted by molar-refractivity contribution is -0.131. The third-order valence-corrected chi connectivity index (χ3v) is 4.68. The van der Waals surface area contributed by atoms with Gasteiger partial charge in [0.05, 0.1) is 30.7 Å². The van der Waals surface area contributed by atoms with Crippen LogP contribution in [0.3, 0.4) is 0 Å². The SMILES string of the molecule is CN(C(=O)/C=C/c1cnn(C)c1)[C@@H]1CCC[C@@H](n2ccnc2)[C@@H]1O. The third-order valence-electron chi connectivity index (χ3n) is 4.68. The molecular formula is C17H23N5O2. The molecule has 3 rings (SSSR count). The van der Waals surface area contributed by atoms with Crippen molar-refractivity contribution < 1.29 is 9.90 Å². The summed E-state index contributed by atoms with van der Waals surface area (Å²) < 4.78 is 3.62. The van der Waals surface area contributed by atoms with Crippen molar-refractivity contribution in [2.45, 2.75) is 37.5 Å². The van der Waals surface area contributed by atoms with Crippen LogP contribution in [0.15, 0.2) is 37.2 Å². The minimum absolute atomic E-state index is 0.0381. The third kappa shape index (κ3) is 3.41. The number of likely N-dealkylation sites (N-methyl/N-ethyl adjacent to an activating group) is 1. The molecule has 128 valence electrons. The second kappa shape index (κ2) is 7.00. The molecule has 24 heavy (non-hydrogen) atoms. The number of aromatic nitrogens is 4. The molecule has 0 aliphatic heterocycles.